The van der Waals surface area contributed by atoms with Gasteiger partial charge in [-0.25, -0.2) is 4.98 Å². The molecule has 3 heterocycles. The third-order valence-electron chi connectivity index (χ3n) is 5.13. The molecule has 1 fully saturated rings. The first-order chi connectivity index (χ1) is 13.6. The Bertz CT molecular complexity index is 1020. The highest BCUT2D eigenvalue weighted by atomic mass is 16.5. The van der Waals surface area contributed by atoms with Crippen molar-refractivity contribution in [2.24, 2.45) is 7.05 Å². The van der Waals surface area contributed by atoms with E-state index in [0.717, 1.165) is 18.5 Å². The fourth-order valence-corrected chi connectivity index (χ4v) is 3.59. The lowest BCUT2D eigenvalue weighted by Gasteiger charge is -2.23. The number of aryl methyl sites for hydroxylation is 1. The molecule has 1 unspecified atom stereocenters. The molecule has 28 heavy (non-hydrogen) atoms. The van der Waals surface area contributed by atoms with Crippen LogP contribution in [0.15, 0.2) is 59.7 Å². The fourth-order valence-electron chi connectivity index (χ4n) is 3.59. The van der Waals surface area contributed by atoms with Crippen LogP contribution in [0.4, 0.5) is 5.95 Å². The summed E-state index contributed by atoms with van der Waals surface area (Å²) in [5.41, 5.74) is 3.92. The molecule has 4 rings (SSSR count). The summed E-state index contributed by atoms with van der Waals surface area (Å²) in [6.45, 7) is 4.16. The molecule has 1 aromatic carbocycles. The maximum Gasteiger partial charge on any atom is 0.255 e. The SMILES string of the molecule is Cc1cccc(C2CCN(c3nc(-c4ccncc4)cc(=O)n3C)CCO2)c1. The van der Waals surface area contributed by atoms with Gasteiger partial charge in [0.05, 0.1) is 18.4 Å². The lowest BCUT2D eigenvalue weighted by molar-refractivity contribution is 0.0647. The van der Waals surface area contributed by atoms with Crippen molar-refractivity contribution in [2.75, 3.05) is 24.6 Å². The van der Waals surface area contributed by atoms with E-state index >= 15 is 0 Å². The van der Waals surface area contributed by atoms with E-state index in [0.29, 0.717) is 24.8 Å². The van der Waals surface area contributed by atoms with Crippen molar-refractivity contribution < 1.29 is 4.74 Å². The Morgan fingerprint density at radius 3 is 2.71 bits per heavy atom. The van der Waals surface area contributed by atoms with Gasteiger partial charge in [0, 0.05) is 44.2 Å². The van der Waals surface area contributed by atoms with Crippen molar-refractivity contribution in [3.63, 3.8) is 0 Å². The van der Waals surface area contributed by atoms with E-state index in [1.54, 1.807) is 30.1 Å². The number of hydrogen-bond acceptors (Lipinski definition) is 5. The van der Waals surface area contributed by atoms with E-state index < -0.39 is 0 Å². The first-order valence-corrected chi connectivity index (χ1v) is 9.53. The maximum absolute atomic E-state index is 12.5. The van der Waals surface area contributed by atoms with Gasteiger partial charge in [0.15, 0.2) is 0 Å². The molecule has 2 aromatic heterocycles. The summed E-state index contributed by atoms with van der Waals surface area (Å²) < 4.78 is 7.72. The molecule has 0 saturated carbocycles. The van der Waals surface area contributed by atoms with Crippen LogP contribution < -0.4 is 10.5 Å². The number of nitrogens with zero attached hydrogens (tertiary/aromatic N) is 4. The average molecular weight is 376 g/mol. The quantitative estimate of drug-likeness (QED) is 0.703. The molecule has 1 saturated heterocycles. The Morgan fingerprint density at radius 2 is 1.93 bits per heavy atom. The van der Waals surface area contributed by atoms with E-state index in [1.165, 1.54) is 11.1 Å². The van der Waals surface area contributed by atoms with Crippen LogP contribution in [0.25, 0.3) is 11.3 Å². The lowest BCUT2D eigenvalue weighted by Crippen LogP contribution is -2.33. The maximum atomic E-state index is 12.5. The Labute approximate surface area is 164 Å². The number of aromatic nitrogens is 3. The van der Waals surface area contributed by atoms with Crippen LogP contribution in [-0.4, -0.2) is 34.2 Å². The molecule has 1 atom stereocenters. The molecule has 6 nitrogen and oxygen atoms in total. The Hall–Kier alpha value is -2.99. The fraction of sp³-hybridized carbons (Fsp3) is 0.318. The molecule has 0 radical (unpaired) electrons. The highest BCUT2D eigenvalue weighted by Gasteiger charge is 2.22. The van der Waals surface area contributed by atoms with Gasteiger partial charge in [0.25, 0.3) is 5.56 Å². The minimum Gasteiger partial charge on any atom is -0.372 e. The van der Waals surface area contributed by atoms with E-state index in [1.807, 2.05) is 12.1 Å². The zero-order chi connectivity index (χ0) is 19.5. The van der Waals surface area contributed by atoms with Gasteiger partial charge in [0.2, 0.25) is 5.95 Å². The smallest absolute Gasteiger partial charge is 0.255 e. The molecule has 0 spiro atoms. The average Bonchev–Trinajstić information content (AvgIpc) is 2.97. The second-order valence-corrected chi connectivity index (χ2v) is 7.12. The van der Waals surface area contributed by atoms with Crippen LogP contribution in [-0.2, 0) is 11.8 Å². The third-order valence-corrected chi connectivity index (χ3v) is 5.13. The van der Waals surface area contributed by atoms with Crippen molar-refractivity contribution in [2.45, 2.75) is 19.4 Å². The molecule has 1 aliphatic rings. The number of pyridine rings is 1. The van der Waals surface area contributed by atoms with E-state index in [2.05, 4.69) is 41.1 Å². The summed E-state index contributed by atoms with van der Waals surface area (Å²) >= 11 is 0. The molecule has 0 aliphatic carbocycles. The van der Waals surface area contributed by atoms with Gasteiger partial charge in [-0.1, -0.05) is 29.8 Å². The largest absolute Gasteiger partial charge is 0.372 e. The van der Waals surface area contributed by atoms with Crippen LogP contribution in [0.2, 0.25) is 0 Å². The molecule has 0 N–H and O–H groups in total. The predicted molar refractivity (Wildman–Crippen MR) is 109 cm³/mol. The first kappa shape index (κ1) is 18.4. The Morgan fingerprint density at radius 1 is 1.11 bits per heavy atom. The topological polar surface area (TPSA) is 60.2 Å². The highest BCUT2D eigenvalue weighted by Crippen LogP contribution is 2.26. The van der Waals surface area contributed by atoms with Crippen LogP contribution in [0.3, 0.4) is 0 Å². The molecule has 0 bridgehead atoms. The minimum atomic E-state index is -0.0720. The van der Waals surface area contributed by atoms with Crippen LogP contribution in [0.5, 0.6) is 0 Å². The van der Waals surface area contributed by atoms with E-state index in [-0.39, 0.29) is 11.7 Å². The minimum absolute atomic E-state index is 0.0605. The highest BCUT2D eigenvalue weighted by molar-refractivity contribution is 5.59. The number of rotatable bonds is 3. The van der Waals surface area contributed by atoms with Gasteiger partial charge >= 0.3 is 0 Å². The monoisotopic (exact) mass is 376 g/mol. The second kappa shape index (κ2) is 7.94. The zero-order valence-corrected chi connectivity index (χ0v) is 16.2. The van der Waals surface area contributed by atoms with E-state index in [4.69, 9.17) is 9.72 Å². The van der Waals surface area contributed by atoms with Gasteiger partial charge in [-0.2, -0.15) is 0 Å². The standard InChI is InChI=1S/C22H24N4O2/c1-16-4-3-5-18(14-16)20-8-11-26(12-13-28-20)22-24-19(15-21(27)25(22)2)17-6-9-23-10-7-17/h3-7,9-10,14-15,20H,8,11-13H2,1-2H3. The zero-order valence-electron chi connectivity index (χ0n) is 16.2. The molecule has 6 heteroatoms. The molecule has 144 valence electrons. The first-order valence-electron chi connectivity index (χ1n) is 9.53. The van der Waals surface area contributed by atoms with Gasteiger partial charge in [-0.05, 0) is 31.0 Å². The van der Waals surface area contributed by atoms with Crippen molar-refractivity contribution >= 4 is 5.95 Å². The van der Waals surface area contributed by atoms with Crippen LogP contribution >= 0.6 is 0 Å². The second-order valence-electron chi connectivity index (χ2n) is 7.12. The summed E-state index contributed by atoms with van der Waals surface area (Å²) in [6.07, 6.45) is 4.32. The summed E-state index contributed by atoms with van der Waals surface area (Å²) in [4.78, 5) is 23.5. The van der Waals surface area contributed by atoms with Crippen LogP contribution in [0.1, 0.15) is 23.7 Å². The van der Waals surface area contributed by atoms with Gasteiger partial charge in [-0.15, -0.1) is 0 Å². The number of benzene rings is 1. The number of hydrogen-bond donors (Lipinski definition) is 0. The lowest BCUT2D eigenvalue weighted by atomic mass is 10.0. The Balaban J connectivity index is 1.61. The van der Waals surface area contributed by atoms with E-state index in [9.17, 15) is 4.79 Å². The Kier molecular flexibility index (Phi) is 5.21. The number of ether oxygens (including phenoxy) is 1. The molecule has 0 amide bonds. The summed E-state index contributed by atoms with van der Waals surface area (Å²) in [7, 11) is 1.77. The van der Waals surface area contributed by atoms with Gasteiger partial charge in [0.1, 0.15) is 0 Å². The molecule has 3 aromatic rings. The summed E-state index contributed by atoms with van der Waals surface area (Å²) in [5.74, 6) is 0.674. The normalized spacial score (nSPS) is 17.4. The van der Waals surface area contributed by atoms with Crippen LogP contribution in [0, 0.1) is 6.92 Å². The predicted octanol–water partition coefficient (Wildman–Crippen LogP) is 3.12. The number of anilines is 1. The summed E-state index contributed by atoms with van der Waals surface area (Å²) in [5, 5.41) is 0. The van der Waals surface area contributed by atoms with Crippen molar-refractivity contribution in [1.82, 2.24) is 14.5 Å². The van der Waals surface area contributed by atoms with Crippen molar-refractivity contribution in [3.8, 4) is 11.3 Å². The molecule has 1 aliphatic heterocycles. The molecular formula is C22H24N4O2. The van der Waals surface area contributed by atoms with Gasteiger partial charge in [-0.3, -0.25) is 14.3 Å². The van der Waals surface area contributed by atoms with Crippen molar-refractivity contribution in [1.29, 1.82) is 0 Å². The van der Waals surface area contributed by atoms with Gasteiger partial charge < -0.3 is 9.64 Å². The van der Waals surface area contributed by atoms with Crippen molar-refractivity contribution in [3.05, 3.63) is 76.3 Å². The summed E-state index contributed by atoms with van der Waals surface area (Å²) in [6, 6.07) is 13.8. The third kappa shape index (κ3) is 3.82. The molecular weight excluding hydrogens is 352 g/mol.